The molecule has 8 heteroatoms. The summed E-state index contributed by atoms with van der Waals surface area (Å²) in [6.07, 6.45) is 5.46. The third-order valence-corrected chi connectivity index (χ3v) is 3.96. The Bertz CT molecular complexity index is 887. The number of carbonyl (C=O) groups excluding carboxylic acids is 1. The van der Waals surface area contributed by atoms with Crippen molar-refractivity contribution in [3.63, 3.8) is 0 Å². The van der Waals surface area contributed by atoms with Crippen LogP contribution in [0.3, 0.4) is 0 Å². The molecular formula is C18H21N7O. The Morgan fingerprint density at radius 3 is 2.50 bits per heavy atom. The standard InChI is InChI=1S/C18H21N7O/c1-24(2)17-16(19-10-11-20-17)13-4-6-14(7-5-13)18(26)21-9-8-15-22-12-23-25(15)3/h4-7,10-12H,8-9H2,1-3H3,(H,21,26). The molecule has 2 aromatic heterocycles. The van der Waals surface area contributed by atoms with Gasteiger partial charge < -0.3 is 10.2 Å². The Kier molecular flexibility index (Phi) is 5.21. The number of hydrogen-bond donors (Lipinski definition) is 1. The van der Waals surface area contributed by atoms with Crippen LogP contribution < -0.4 is 10.2 Å². The Balaban J connectivity index is 1.66. The molecule has 0 unspecified atom stereocenters. The average molecular weight is 351 g/mol. The third kappa shape index (κ3) is 3.85. The second-order valence-corrected chi connectivity index (χ2v) is 6.01. The number of nitrogens with one attached hydrogen (secondary N) is 1. The Labute approximate surface area is 151 Å². The summed E-state index contributed by atoms with van der Waals surface area (Å²) in [6.45, 7) is 0.502. The number of rotatable bonds is 6. The molecule has 0 aliphatic carbocycles. The molecule has 0 aliphatic rings. The van der Waals surface area contributed by atoms with E-state index in [2.05, 4.69) is 25.4 Å². The molecule has 3 rings (SSSR count). The zero-order chi connectivity index (χ0) is 18.5. The van der Waals surface area contributed by atoms with E-state index in [4.69, 9.17) is 0 Å². The molecular weight excluding hydrogens is 330 g/mol. The normalized spacial score (nSPS) is 10.6. The van der Waals surface area contributed by atoms with Gasteiger partial charge in [0.2, 0.25) is 0 Å². The first-order valence-electron chi connectivity index (χ1n) is 8.26. The molecule has 1 aromatic carbocycles. The van der Waals surface area contributed by atoms with Gasteiger partial charge in [-0.3, -0.25) is 14.5 Å². The van der Waals surface area contributed by atoms with Crippen molar-refractivity contribution in [1.82, 2.24) is 30.0 Å². The van der Waals surface area contributed by atoms with Crippen molar-refractivity contribution >= 4 is 11.7 Å². The zero-order valence-electron chi connectivity index (χ0n) is 15.0. The van der Waals surface area contributed by atoms with Crippen molar-refractivity contribution in [3.05, 3.63) is 54.4 Å². The Morgan fingerprint density at radius 2 is 1.85 bits per heavy atom. The third-order valence-electron chi connectivity index (χ3n) is 3.96. The molecule has 134 valence electrons. The summed E-state index contributed by atoms with van der Waals surface area (Å²) in [5.41, 5.74) is 2.30. The second-order valence-electron chi connectivity index (χ2n) is 6.01. The van der Waals surface area contributed by atoms with Gasteiger partial charge in [0.05, 0.1) is 0 Å². The average Bonchev–Trinajstić information content (AvgIpc) is 3.06. The minimum Gasteiger partial charge on any atom is -0.361 e. The first-order valence-corrected chi connectivity index (χ1v) is 8.26. The number of nitrogens with zero attached hydrogens (tertiary/aromatic N) is 6. The maximum absolute atomic E-state index is 12.3. The van der Waals surface area contributed by atoms with Crippen molar-refractivity contribution in [2.45, 2.75) is 6.42 Å². The SMILES string of the molecule is CN(C)c1nccnc1-c1ccc(C(=O)NCCc2ncnn2C)cc1. The predicted octanol–water partition coefficient (Wildman–Crippen LogP) is 1.31. The van der Waals surface area contributed by atoms with Crippen LogP contribution >= 0.6 is 0 Å². The van der Waals surface area contributed by atoms with Gasteiger partial charge in [0.25, 0.3) is 5.91 Å². The van der Waals surface area contributed by atoms with Crippen molar-refractivity contribution in [2.24, 2.45) is 7.05 Å². The molecule has 3 aromatic rings. The monoisotopic (exact) mass is 351 g/mol. The Hall–Kier alpha value is -3.29. The summed E-state index contributed by atoms with van der Waals surface area (Å²) in [5.74, 6) is 1.50. The zero-order valence-corrected chi connectivity index (χ0v) is 15.0. The quantitative estimate of drug-likeness (QED) is 0.720. The number of amides is 1. The molecule has 0 saturated heterocycles. The first kappa shape index (κ1) is 17.5. The van der Waals surface area contributed by atoms with E-state index in [-0.39, 0.29) is 5.91 Å². The van der Waals surface area contributed by atoms with Crippen LogP contribution in [0.25, 0.3) is 11.3 Å². The van der Waals surface area contributed by atoms with E-state index in [1.54, 1.807) is 29.2 Å². The fourth-order valence-corrected chi connectivity index (χ4v) is 2.58. The van der Waals surface area contributed by atoms with Crippen LogP contribution in [0, 0.1) is 0 Å². The number of hydrogen-bond acceptors (Lipinski definition) is 6. The van der Waals surface area contributed by atoms with E-state index in [1.165, 1.54) is 6.33 Å². The van der Waals surface area contributed by atoms with Gasteiger partial charge in [0, 0.05) is 57.6 Å². The molecule has 8 nitrogen and oxygen atoms in total. The molecule has 1 amide bonds. The van der Waals surface area contributed by atoms with Gasteiger partial charge in [-0.05, 0) is 12.1 Å². The van der Waals surface area contributed by atoms with E-state index >= 15 is 0 Å². The number of benzene rings is 1. The number of aromatic nitrogens is 5. The van der Waals surface area contributed by atoms with E-state index in [0.717, 1.165) is 22.9 Å². The molecule has 0 bridgehead atoms. The van der Waals surface area contributed by atoms with Crippen LogP contribution in [-0.2, 0) is 13.5 Å². The molecule has 0 fully saturated rings. The lowest BCUT2D eigenvalue weighted by molar-refractivity contribution is 0.0954. The number of anilines is 1. The lowest BCUT2D eigenvalue weighted by atomic mass is 10.1. The summed E-state index contributed by atoms with van der Waals surface area (Å²) < 4.78 is 1.70. The predicted molar refractivity (Wildman–Crippen MR) is 98.8 cm³/mol. The topological polar surface area (TPSA) is 88.8 Å². The van der Waals surface area contributed by atoms with Crippen LogP contribution in [-0.4, -0.2) is 51.3 Å². The molecule has 26 heavy (non-hydrogen) atoms. The molecule has 2 heterocycles. The fraction of sp³-hybridized carbons (Fsp3) is 0.278. The number of aryl methyl sites for hydroxylation is 1. The molecule has 0 radical (unpaired) electrons. The fourth-order valence-electron chi connectivity index (χ4n) is 2.58. The van der Waals surface area contributed by atoms with Gasteiger partial charge in [-0.2, -0.15) is 5.10 Å². The van der Waals surface area contributed by atoms with Crippen LogP contribution in [0.4, 0.5) is 5.82 Å². The number of carbonyl (C=O) groups is 1. The summed E-state index contributed by atoms with van der Waals surface area (Å²) >= 11 is 0. The molecule has 0 aliphatic heterocycles. The van der Waals surface area contributed by atoms with E-state index < -0.39 is 0 Å². The lowest BCUT2D eigenvalue weighted by Gasteiger charge is -2.15. The maximum Gasteiger partial charge on any atom is 0.251 e. The second kappa shape index (κ2) is 7.73. The highest BCUT2D eigenvalue weighted by atomic mass is 16.1. The van der Waals surface area contributed by atoms with Gasteiger partial charge in [-0.1, -0.05) is 12.1 Å². The van der Waals surface area contributed by atoms with Crippen LogP contribution in [0.2, 0.25) is 0 Å². The van der Waals surface area contributed by atoms with Crippen molar-refractivity contribution < 1.29 is 4.79 Å². The van der Waals surface area contributed by atoms with E-state index in [1.807, 2.05) is 38.2 Å². The summed E-state index contributed by atoms with van der Waals surface area (Å²) in [6, 6.07) is 7.35. The summed E-state index contributed by atoms with van der Waals surface area (Å²) in [7, 11) is 5.68. The van der Waals surface area contributed by atoms with Gasteiger partial charge >= 0.3 is 0 Å². The molecule has 0 atom stereocenters. The van der Waals surface area contributed by atoms with Gasteiger partial charge in [-0.25, -0.2) is 9.97 Å². The highest BCUT2D eigenvalue weighted by Crippen LogP contribution is 2.25. The van der Waals surface area contributed by atoms with Gasteiger partial charge in [0.1, 0.15) is 17.8 Å². The highest BCUT2D eigenvalue weighted by molar-refractivity contribution is 5.94. The smallest absolute Gasteiger partial charge is 0.251 e. The van der Waals surface area contributed by atoms with Crippen LogP contribution in [0.15, 0.2) is 43.0 Å². The minimum atomic E-state index is -0.120. The largest absolute Gasteiger partial charge is 0.361 e. The first-order chi connectivity index (χ1) is 12.6. The van der Waals surface area contributed by atoms with Crippen molar-refractivity contribution in [3.8, 4) is 11.3 Å². The lowest BCUT2D eigenvalue weighted by Crippen LogP contribution is -2.26. The summed E-state index contributed by atoms with van der Waals surface area (Å²) in [5, 5.41) is 6.91. The molecule has 0 spiro atoms. The van der Waals surface area contributed by atoms with Crippen molar-refractivity contribution in [1.29, 1.82) is 0 Å². The summed E-state index contributed by atoms with van der Waals surface area (Å²) in [4.78, 5) is 27.1. The van der Waals surface area contributed by atoms with E-state index in [0.29, 0.717) is 18.5 Å². The maximum atomic E-state index is 12.3. The van der Waals surface area contributed by atoms with E-state index in [9.17, 15) is 4.79 Å². The van der Waals surface area contributed by atoms with Crippen LogP contribution in [0.1, 0.15) is 16.2 Å². The van der Waals surface area contributed by atoms with Gasteiger partial charge in [0.15, 0.2) is 5.82 Å². The highest BCUT2D eigenvalue weighted by Gasteiger charge is 2.11. The molecule has 1 N–H and O–H groups in total. The van der Waals surface area contributed by atoms with Crippen LogP contribution in [0.5, 0.6) is 0 Å². The molecule has 0 saturated carbocycles. The minimum absolute atomic E-state index is 0.120. The Morgan fingerprint density at radius 1 is 1.12 bits per heavy atom. The van der Waals surface area contributed by atoms with Crippen molar-refractivity contribution in [2.75, 3.05) is 25.5 Å². The van der Waals surface area contributed by atoms with Gasteiger partial charge in [-0.15, -0.1) is 0 Å².